The molecule has 10 heteroatoms. The van der Waals surface area contributed by atoms with E-state index < -0.39 is 0 Å². The first-order chi connectivity index (χ1) is 17.0. The zero-order valence-corrected chi connectivity index (χ0v) is 20.7. The van der Waals surface area contributed by atoms with Crippen LogP contribution < -0.4 is 10.1 Å². The van der Waals surface area contributed by atoms with Crippen molar-refractivity contribution in [3.63, 3.8) is 0 Å². The summed E-state index contributed by atoms with van der Waals surface area (Å²) in [5.41, 5.74) is 3.35. The Hall–Kier alpha value is -3.00. The van der Waals surface area contributed by atoms with Crippen LogP contribution in [-0.2, 0) is 11.3 Å². The SMILES string of the molecule is Clc1ccc(CC2CON=C(c3c(Oc4cccc(C5CC5)c4)cnc4cc(Cl)nn34)N2)c(Cl)c1. The Bertz CT molecular complexity index is 1450. The largest absolute Gasteiger partial charge is 0.453 e. The molecule has 0 saturated heterocycles. The van der Waals surface area contributed by atoms with Crippen LogP contribution in [-0.4, -0.2) is 33.1 Å². The summed E-state index contributed by atoms with van der Waals surface area (Å²) in [6.07, 6.45) is 4.69. The van der Waals surface area contributed by atoms with Crippen LogP contribution in [0.1, 0.15) is 35.6 Å². The Morgan fingerprint density at radius 1 is 1.09 bits per heavy atom. The van der Waals surface area contributed by atoms with Gasteiger partial charge in [0.1, 0.15) is 12.4 Å². The van der Waals surface area contributed by atoms with Crippen molar-refractivity contribution in [3.8, 4) is 11.5 Å². The summed E-state index contributed by atoms with van der Waals surface area (Å²) in [6.45, 7) is 0.371. The smallest absolute Gasteiger partial charge is 0.195 e. The van der Waals surface area contributed by atoms with E-state index in [2.05, 4.69) is 32.7 Å². The first-order valence-electron chi connectivity index (χ1n) is 11.3. The number of hydrogen-bond acceptors (Lipinski definition) is 6. The summed E-state index contributed by atoms with van der Waals surface area (Å²) >= 11 is 18.7. The second-order valence-corrected chi connectivity index (χ2v) is 9.90. The van der Waals surface area contributed by atoms with Gasteiger partial charge in [0.05, 0.1) is 12.2 Å². The normalized spacial score (nSPS) is 17.6. The lowest BCUT2D eigenvalue weighted by molar-refractivity contribution is 0.109. The number of nitrogens with one attached hydrogen (secondary N) is 1. The number of oxime groups is 1. The van der Waals surface area contributed by atoms with Gasteiger partial charge in [-0.25, -0.2) is 9.50 Å². The van der Waals surface area contributed by atoms with E-state index in [4.69, 9.17) is 44.4 Å². The van der Waals surface area contributed by atoms with E-state index in [0.717, 1.165) is 11.3 Å². The summed E-state index contributed by atoms with van der Waals surface area (Å²) in [7, 11) is 0. The summed E-state index contributed by atoms with van der Waals surface area (Å²) in [6, 6.07) is 15.2. The van der Waals surface area contributed by atoms with Gasteiger partial charge in [0.2, 0.25) is 0 Å². The van der Waals surface area contributed by atoms with Gasteiger partial charge in [0, 0.05) is 16.1 Å². The molecule has 4 aromatic rings. The number of benzene rings is 2. The van der Waals surface area contributed by atoms with Gasteiger partial charge in [0.25, 0.3) is 0 Å². The van der Waals surface area contributed by atoms with E-state index in [1.54, 1.807) is 22.8 Å². The number of hydrogen-bond donors (Lipinski definition) is 1. The molecule has 2 aliphatic rings. The molecule has 0 radical (unpaired) electrons. The highest BCUT2D eigenvalue weighted by Crippen LogP contribution is 2.41. The lowest BCUT2D eigenvalue weighted by Crippen LogP contribution is -2.44. The molecule has 6 rings (SSSR count). The molecular weight excluding hydrogens is 509 g/mol. The molecule has 7 nitrogen and oxygen atoms in total. The Balaban J connectivity index is 1.34. The molecule has 0 amide bonds. The molecule has 1 aliphatic carbocycles. The fraction of sp³-hybridized carbons (Fsp3) is 0.240. The van der Waals surface area contributed by atoms with E-state index in [1.807, 2.05) is 24.3 Å². The molecule has 1 atom stereocenters. The number of nitrogens with zero attached hydrogens (tertiary/aromatic N) is 4. The molecule has 2 aromatic heterocycles. The van der Waals surface area contributed by atoms with E-state index in [0.29, 0.717) is 57.1 Å². The third-order valence-corrected chi connectivity index (χ3v) is 6.80. The highest BCUT2D eigenvalue weighted by Gasteiger charge is 2.27. The van der Waals surface area contributed by atoms with E-state index in [9.17, 15) is 0 Å². The maximum atomic E-state index is 6.40. The maximum Gasteiger partial charge on any atom is 0.195 e. The van der Waals surface area contributed by atoms with Gasteiger partial charge in [-0.15, -0.1) is 0 Å². The minimum absolute atomic E-state index is 0.0959. The summed E-state index contributed by atoms with van der Waals surface area (Å²) in [4.78, 5) is 10.1. The fourth-order valence-corrected chi connectivity index (χ4v) is 4.84. The van der Waals surface area contributed by atoms with Crippen molar-refractivity contribution in [1.29, 1.82) is 0 Å². The number of amidine groups is 1. The van der Waals surface area contributed by atoms with Crippen molar-refractivity contribution in [1.82, 2.24) is 19.9 Å². The molecule has 3 heterocycles. The van der Waals surface area contributed by atoms with Crippen LogP contribution in [0.4, 0.5) is 0 Å². The van der Waals surface area contributed by atoms with Gasteiger partial charge in [-0.2, -0.15) is 5.10 Å². The topological polar surface area (TPSA) is 73.0 Å². The van der Waals surface area contributed by atoms with Gasteiger partial charge >= 0.3 is 0 Å². The fourth-order valence-electron chi connectivity index (χ4n) is 4.18. The number of ether oxygens (including phenoxy) is 1. The van der Waals surface area contributed by atoms with Crippen LogP contribution in [0, 0.1) is 0 Å². The predicted octanol–water partition coefficient (Wildman–Crippen LogP) is 6.25. The van der Waals surface area contributed by atoms with Crippen molar-refractivity contribution < 1.29 is 9.57 Å². The highest BCUT2D eigenvalue weighted by atomic mass is 35.5. The highest BCUT2D eigenvalue weighted by molar-refractivity contribution is 6.35. The summed E-state index contributed by atoms with van der Waals surface area (Å²) < 4.78 is 7.91. The average molecular weight is 529 g/mol. The average Bonchev–Trinajstić information content (AvgIpc) is 3.62. The number of rotatable bonds is 6. The van der Waals surface area contributed by atoms with Gasteiger partial charge < -0.3 is 14.9 Å². The maximum absolute atomic E-state index is 6.40. The Labute approximate surface area is 216 Å². The van der Waals surface area contributed by atoms with Gasteiger partial charge in [0.15, 0.2) is 28.1 Å². The quantitative estimate of drug-likeness (QED) is 0.320. The van der Waals surface area contributed by atoms with E-state index in [-0.39, 0.29) is 6.04 Å². The van der Waals surface area contributed by atoms with Gasteiger partial charge in [-0.05, 0) is 60.6 Å². The first-order valence-corrected chi connectivity index (χ1v) is 12.4. The lowest BCUT2D eigenvalue weighted by Gasteiger charge is -2.25. The third-order valence-electron chi connectivity index (χ3n) is 6.03. The van der Waals surface area contributed by atoms with Crippen molar-refractivity contribution in [2.24, 2.45) is 5.16 Å². The minimum atomic E-state index is -0.0959. The van der Waals surface area contributed by atoms with Crippen LogP contribution in [0.15, 0.2) is 59.9 Å². The predicted molar refractivity (Wildman–Crippen MR) is 136 cm³/mol. The third kappa shape index (κ3) is 4.76. The van der Waals surface area contributed by atoms with Crippen LogP contribution in [0.5, 0.6) is 11.5 Å². The van der Waals surface area contributed by atoms with Crippen LogP contribution in [0.3, 0.4) is 0 Å². The summed E-state index contributed by atoms with van der Waals surface area (Å²) in [5, 5.41) is 13.7. The lowest BCUT2D eigenvalue weighted by atomic mass is 10.1. The monoisotopic (exact) mass is 527 g/mol. The second kappa shape index (κ2) is 9.22. The van der Waals surface area contributed by atoms with Crippen molar-refractivity contribution >= 4 is 46.3 Å². The number of aromatic nitrogens is 3. The van der Waals surface area contributed by atoms with E-state index >= 15 is 0 Å². The molecule has 0 bridgehead atoms. The van der Waals surface area contributed by atoms with Crippen molar-refractivity contribution in [2.45, 2.75) is 31.2 Å². The zero-order chi connectivity index (χ0) is 23.9. The Kier molecular flexibility index (Phi) is 5.92. The molecule has 35 heavy (non-hydrogen) atoms. The molecule has 1 fully saturated rings. The van der Waals surface area contributed by atoms with Crippen molar-refractivity contribution in [3.05, 3.63) is 86.7 Å². The minimum Gasteiger partial charge on any atom is -0.453 e. The zero-order valence-electron chi connectivity index (χ0n) is 18.4. The van der Waals surface area contributed by atoms with Crippen LogP contribution in [0.25, 0.3) is 5.65 Å². The van der Waals surface area contributed by atoms with Gasteiger partial charge in [-0.3, -0.25) is 0 Å². The second-order valence-electron chi connectivity index (χ2n) is 8.67. The molecule has 1 aliphatic heterocycles. The molecule has 1 saturated carbocycles. The first kappa shape index (κ1) is 22.5. The molecule has 178 valence electrons. The standard InChI is InChI=1S/C25H20Cl3N5O2/c26-17-7-6-16(20(27)10-17)8-18-13-34-32-25(30-18)24-21(12-29-23-11-22(28)31-33(23)24)35-19-3-1-2-15(9-19)14-4-5-14/h1-3,6-7,9-12,14,18H,4-5,8,13H2,(H,30,32). The molecule has 2 aromatic carbocycles. The van der Waals surface area contributed by atoms with Crippen molar-refractivity contribution in [2.75, 3.05) is 6.61 Å². The summed E-state index contributed by atoms with van der Waals surface area (Å²) in [5.74, 6) is 2.27. The van der Waals surface area contributed by atoms with E-state index in [1.165, 1.54) is 18.4 Å². The molecular formula is C25H20Cl3N5O2. The Morgan fingerprint density at radius 3 is 2.80 bits per heavy atom. The number of halogens is 3. The Morgan fingerprint density at radius 2 is 1.97 bits per heavy atom. The van der Waals surface area contributed by atoms with Crippen LogP contribution in [0.2, 0.25) is 15.2 Å². The van der Waals surface area contributed by atoms with Gasteiger partial charge in [-0.1, -0.05) is 58.2 Å². The number of fused-ring (bicyclic) bond motifs is 1. The molecule has 0 spiro atoms. The van der Waals surface area contributed by atoms with Crippen LogP contribution >= 0.6 is 34.8 Å². The molecule has 1 unspecified atom stereocenters. The molecule has 1 N–H and O–H groups in total.